The molecule has 192 valence electrons. The first-order valence-electron chi connectivity index (χ1n) is 11.3. The molecule has 0 saturated carbocycles. The van der Waals surface area contributed by atoms with Crippen molar-refractivity contribution >= 4 is 81.2 Å². The molecule has 0 spiro atoms. The predicted molar refractivity (Wildman–Crippen MR) is 159 cm³/mol. The first-order valence-corrected chi connectivity index (χ1v) is 14.4. The van der Waals surface area contributed by atoms with E-state index in [-0.39, 0.29) is 11.5 Å². The van der Waals surface area contributed by atoms with E-state index < -0.39 is 0 Å². The number of allylic oxidation sites excluding steroid dienone is 2. The van der Waals surface area contributed by atoms with E-state index in [1.807, 2.05) is 42.5 Å². The third-order valence-corrected chi connectivity index (χ3v) is 7.93. The van der Waals surface area contributed by atoms with Crippen LogP contribution in [0.1, 0.15) is 34.8 Å². The van der Waals surface area contributed by atoms with Crippen LogP contribution in [0.5, 0.6) is 17.2 Å². The van der Waals surface area contributed by atoms with Crippen LogP contribution in [0.15, 0.2) is 77.9 Å². The summed E-state index contributed by atoms with van der Waals surface area (Å²) in [6.45, 7) is 2.67. The third kappa shape index (κ3) is 6.00. The van der Waals surface area contributed by atoms with Gasteiger partial charge in [-0.15, -0.1) is 0 Å². The summed E-state index contributed by atoms with van der Waals surface area (Å²) < 4.78 is 25.5. The van der Waals surface area contributed by atoms with Crippen LogP contribution in [0.2, 0.25) is 0 Å². The van der Waals surface area contributed by atoms with Crippen molar-refractivity contribution in [2.24, 2.45) is 0 Å². The quantitative estimate of drug-likeness (QED) is 0.204. The topological polar surface area (TPSA) is 54.0 Å². The Kier molecular flexibility index (Phi) is 9.21. The van der Waals surface area contributed by atoms with Crippen LogP contribution in [0.3, 0.4) is 0 Å². The van der Waals surface area contributed by atoms with E-state index in [1.165, 1.54) is 0 Å². The minimum Gasteiger partial charge on any atom is -0.496 e. The van der Waals surface area contributed by atoms with Gasteiger partial charge in [-0.25, -0.2) is 0 Å². The zero-order valence-electron chi connectivity index (χ0n) is 20.2. The van der Waals surface area contributed by atoms with Crippen LogP contribution < -0.4 is 14.2 Å². The van der Waals surface area contributed by atoms with Crippen LogP contribution in [0, 0.1) is 0 Å². The lowest BCUT2D eigenvalue weighted by molar-refractivity contribution is 0.0947. The molecular weight excluding hydrogens is 736 g/mol. The number of Topliss-reactive ketones (excluding diaryl/α,β-unsaturated/α-hetero) is 1. The van der Waals surface area contributed by atoms with E-state index in [0.717, 1.165) is 38.0 Å². The highest BCUT2D eigenvalue weighted by atomic mass is 79.9. The zero-order valence-corrected chi connectivity index (χ0v) is 26.5. The van der Waals surface area contributed by atoms with Gasteiger partial charge in [-0.1, -0.05) is 19.1 Å². The highest BCUT2D eigenvalue weighted by Crippen LogP contribution is 2.44. The van der Waals surface area contributed by atoms with Gasteiger partial charge in [-0.3, -0.25) is 4.79 Å². The summed E-state index contributed by atoms with van der Waals surface area (Å²) in [7, 11) is 3.19. The zero-order chi connectivity index (χ0) is 26.7. The molecule has 9 heteroatoms. The molecule has 0 bridgehead atoms. The lowest BCUT2D eigenvalue weighted by Gasteiger charge is -2.28. The standard InChI is InChI=1S/C28H22Br4O5/c1-4-9-36-23-8-6-16(12-19(23)30)25-24(11-15-5-7-22(34-2)18(29)10-15)37-28(25)26(33)17-13-20(31)27(35-3)21(32)14-17/h5-8,10-14H,4,9H2,1-3H3/b24-11-. The number of rotatable bonds is 9. The Morgan fingerprint density at radius 3 is 2.14 bits per heavy atom. The molecule has 3 aromatic carbocycles. The molecule has 0 saturated heterocycles. The Morgan fingerprint density at radius 1 is 0.865 bits per heavy atom. The molecule has 0 amide bonds. The molecule has 37 heavy (non-hydrogen) atoms. The Bertz CT molecular complexity index is 1410. The number of carbonyl (C=O) groups excluding carboxylic acids is 1. The number of halogens is 4. The van der Waals surface area contributed by atoms with E-state index >= 15 is 0 Å². The van der Waals surface area contributed by atoms with Gasteiger partial charge < -0.3 is 18.9 Å². The molecule has 0 N–H and O–H groups in total. The normalized spacial score (nSPS) is 13.8. The number of hydrogen-bond donors (Lipinski definition) is 0. The summed E-state index contributed by atoms with van der Waals surface area (Å²) in [5, 5.41) is 0. The number of methoxy groups -OCH3 is 2. The maximum Gasteiger partial charge on any atom is 0.229 e. The van der Waals surface area contributed by atoms with Crippen LogP contribution in [-0.2, 0) is 4.74 Å². The van der Waals surface area contributed by atoms with Crippen LogP contribution in [-0.4, -0.2) is 26.6 Å². The first kappa shape index (κ1) is 28.0. The molecule has 0 aliphatic carbocycles. The second-order valence-corrected chi connectivity index (χ2v) is 11.4. The fraction of sp³-hybridized carbons (Fsp3) is 0.179. The maximum absolute atomic E-state index is 13.6. The van der Waals surface area contributed by atoms with Crippen molar-refractivity contribution in [3.63, 3.8) is 0 Å². The second-order valence-electron chi connectivity index (χ2n) is 8.00. The minimum atomic E-state index is -0.241. The molecule has 0 radical (unpaired) electrons. The molecule has 0 atom stereocenters. The summed E-state index contributed by atoms with van der Waals surface area (Å²) >= 11 is 14.1. The number of ketones is 1. The van der Waals surface area contributed by atoms with Crippen molar-refractivity contribution in [1.29, 1.82) is 0 Å². The van der Waals surface area contributed by atoms with Gasteiger partial charge in [0.2, 0.25) is 5.78 Å². The van der Waals surface area contributed by atoms with E-state index in [9.17, 15) is 4.79 Å². The Morgan fingerprint density at radius 2 is 1.54 bits per heavy atom. The summed E-state index contributed by atoms with van der Waals surface area (Å²) in [5.74, 6) is 2.68. The SMILES string of the molecule is CCCOc1ccc(C2=C(C(=O)c3cc(Br)c(OC)c(Br)c3)O/C2=C\c2ccc(OC)c(Br)c2)cc1Br. The Balaban J connectivity index is 1.80. The molecule has 0 aromatic heterocycles. The Hall–Kier alpha value is -2.07. The number of hydrogen-bond acceptors (Lipinski definition) is 5. The third-order valence-electron chi connectivity index (χ3n) is 5.51. The van der Waals surface area contributed by atoms with Crippen molar-refractivity contribution in [3.8, 4) is 17.2 Å². The molecule has 3 aromatic rings. The lowest BCUT2D eigenvalue weighted by atomic mass is 9.93. The van der Waals surface area contributed by atoms with Crippen molar-refractivity contribution in [2.75, 3.05) is 20.8 Å². The Labute approximate surface area is 249 Å². The molecule has 1 aliphatic rings. The summed E-state index contributed by atoms with van der Waals surface area (Å²) in [4.78, 5) is 13.6. The van der Waals surface area contributed by atoms with Gasteiger partial charge in [0.05, 0.1) is 44.3 Å². The molecular formula is C28H22Br4O5. The summed E-state index contributed by atoms with van der Waals surface area (Å²) in [6.07, 6.45) is 2.80. The molecule has 0 unspecified atom stereocenters. The van der Waals surface area contributed by atoms with E-state index in [0.29, 0.717) is 38.2 Å². The van der Waals surface area contributed by atoms with Crippen molar-refractivity contribution in [3.05, 3.63) is 94.6 Å². The monoisotopic (exact) mass is 754 g/mol. The summed E-state index contributed by atoms with van der Waals surface area (Å²) in [5.41, 5.74) is 2.89. The molecule has 4 rings (SSSR count). The van der Waals surface area contributed by atoms with Crippen molar-refractivity contribution in [2.45, 2.75) is 13.3 Å². The van der Waals surface area contributed by atoms with Gasteiger partial charge in [0, 0.05) is 5.56 Å². The first-order chi connectivity index (χ1) is 17.8. The predicted octanol–water partition coefficient (Wildman–Crippen LogP) is 9.21. The van der Waals surface area contributed by atoms with Gasteiger partial charge in [0.1, 0.15) is 23.0 Å². The molecule has 1 aliphatic heterocycles. The van der Waals surface area contributed by atoms with E-state index in [1.54, 1.807) is 26.4 Å². The van der Waals surface area contributed by atoms with Gasteiger partial charge in [-0.05, 0) is 124 Å². The highest BCUT2D eigenvalue weighted by molar-refractivity contribution is 9.11. The maximum atomic E-state index is 13.6. The highest BCUT2D eigenvalue weighted by Gasteiger charge is 2.34. The number of carbonyl (C=O) groups is 1. The molecule has 5 nitrogen and oxygen atoms in total. The largest absolute Gasteiger partial charge is 0.496 e. The smallest absolute Gasteiger partial charge is 0.229 e. The second kappa shape index (κ2) is 12.2. The fourth-order valence-corrected chi connectivity index (χ4v) is 6.30. The number of ether oxygens (including phenoxy) is 4. The van der Waals surface area contributed by atoms with Crippen molar-refractivity contribution in [1.82, 2.24) is 0 Å². The minimum absolute atomic E-state index is 0.241. The fourth-order valence-electron chi connectivity index (χ4n) is 3.74. The van der Waals surface area contributed by atoms with Gasteiger partial charge >= 0.3 is 0 Å². The average Bonchev–Trinajstić information content (AvgIpc) is 2.85. The van der Waals surface area contributed by atoms with Crippen LogP contribution >= 0.6 is 63.7 Å². The molecule has 1 heterocycles. The van der Waals surface area contributed by atoms with Gasteiger partial charge in [-0.2, -0.15) is 0 Å². The van der Waals surface area contributed by atoms with Crippen LogP contribution in [0.25, 0.3) is 11.6 Å². The van der Waals surface area contributed by atoms with Gasteiger partial charge in [0.25, 0.3) is 0 Å². The van der Waals surface area contributed by atoms with Crippen LogP contribution in [0.4, 0.5) is 0 Å². The summed E-state index contributed by atoms with van der Waals surface area (Å²) in [6, 6.07) is 14.9. The molecule has 0 fully saturated rings. The average molecular weight is 758 g/mol. The van der Waals surface area contributed by atoms with Crippen molar-refractivity contribution < 1.29 is 23.7 Å². The number of benzene rings is 3. The van der Waals surface area contributed by atoms with E-state index in [4.69, 9.17) is 18.9 Å². The lowest BCUT2D eigenvalue weighted by Crippen LogP contribution is -2.19. The van der Waals surface area contributed by atoms with E-state index in [2.05, 4.69) is 70.6 Å². The van der Waals surface area contributed by atoms with Gasteiger partial charge in [0.15, 0.2) is 5.76 Å².